The number of benzene rings is 1. The molecule has 0 aromatic heterocycles. The van der Waals surface area contributed by atoms with Gasteiger partial charge in [0.2, 0.25) is 0 Å². The number of hydrogen-bond acceptors (Lipinski definition) is 3. The predicted molar refractivity (Wildman–Crippen MR) is 81.7 cm³/mol. The third-order valence-electron chi connectivity index (χ3n) is 4.85. The maximum atomic E-state index is 11.7. The van der Waals surface area contributed by atoms with E-state index in [9.17, 15) is 4.79 Å². The van der Waals surface area contributed by atoms with E-state index in [0.717, 1.165) is 18.6 Å². The molecule has 1 aromatic rings. The third kappa shape index (κ3) is 2.35. The van der Waals surface area contributed by atoms with Crippen LogP contribution < -0.4 is 4.74 Å². The first-order chi connectivity index (χ1) is 9.92. The summed E-state index contributed by atoms with van der Waals surface area (Å²) in [7, 11) is 1.40. The zero-order valence-corrected chi connectivity index (χ0v) is 13.1. The molecule has 3 nitrogen and oxygen atoms in total. The van der Waals surface area contributed by atoms with Crippen LogP contribution in [0.2, 0.25) is 0 Å². The van der Waals surface area contributed by atoms with Gasteiger partial charge in [-0.05, 0) is 57.2 Å². The van der Waals surface area contributed by atoms with Crippen LogP contribution in [0, 0.1) is 5.92 Å². The Morgan fingerprint density at radius 1 is 1.38 bits per heavy atom. The van der Waals surface area contributed by atoms with Crippen LogP contribution in [0.4, 0.5) is 0 Å². The van der Waals surface area contributed by atoms with E-state index in [1.165, 1.54) is 18.2 Å². The Hall–Kier alpha value is -1.77. The van der Waals surface area contributed by atoms with Crippen molar-refractivity contribution in [3.63, 3.8) is 0 Å². The van der Waals surface area contributed by atoms with Crippen molar-refractivity contribution >= 4 is 5.97 Å². The maximum Gasteiger partial charge on any atom is 0.337 e. The fourth-order valence-electron chi connectivity index (χ4n) is 3.69. The summed E-state index contributed by atoms with van der Waals surface area (Å²) in [4.78, 5) is 11.7. The molecule has 1 aromatic carbocycles. The summed E-state index contributed by atoms with van der Waals surface area (Å²) in [5, 5.41) is 0. The largest absolute Gasteiger partial charge is 0.487 e. The second-order valence-corrected chi connectivity index (χ2v) is 6.65. The van der Waals surface area contributed by atoms with Gasteiger partial charge in [0.1, 0.15) is 11.4 Å². The second kappa shape index (κ2) is 4.90. The second-order valence-electron chi connectivity index (χ2n) is 6.65. The minimum Gasteiger partial charge on any atom is -0.487 e. The van der Waals surface area contributed by atoms with Gasteiger partial charge in [-0.2, -0.15) is 0 Å². The molecule has 1 heterocycles. The van der Waals surface area contributed by atoms with Crippen molar-refractivity contribution < 1.29 is 14.3 Å². The van der Waals surface area contributed by atoms with Gasteiger partial charge in [0.25, 0.3) is 0 Å². The first-order valence-corrected chi connectivity index (χ1v) is 7.49. The molecule has 3 rings (SSSR count). The molecule has 0 amide bonds. The van der Waals surface area contributed by atoms with Gasteiger partial charge in [-0.3, -0.25) is 0 Å². The number of carbonyl (C=O) groups is 1. The molecule has 3 heteroatoms. The van der Waals surface area contributed by atoms with Crippen molar-refractivity contribution in [1.29, 1.82) is 0 Å². The van der Waals surface area contributed by atoms with Crippen LogP contribution in [-0.4, -0.2) is 18.7 Å². The average molecular weight is 286 g/mol. The number of allylic oxidation sites excluding steroid dienone is 2. The maximum absolute atomic E-state index is 11.7. The monoisotopic (exact) mass is 286 g/mol. The zero-order valence-electron chi connectivity index (χ0n) is 13.1. The first-order valence-electron chi connectivity index (χ1n) is 7.49. The SMILES string of the molecule is COC(=O)c1ccc2c(c1)OC(C)(C)[C@@H]1CC=C(C)C[C@@H]21. The van der Waals surface area contributed by atoms with Crippen LogP contribution in [0.15, 0.2) is 29.8 Å². The van der Waals surface area contributed by atoms with Crippen LogP contribution in [-0.2, 0) is 4.74 Å². The summed E-state index contributed by atoms with van der Waals surface area (Å²) in [6.45, 7) is 6.49. The molecule has 2 atom stereocenters. The summed E-state index contributed by atoms with van der Waals surface area (Å²) in [6, 6.07) is 5.71. The van der Waals surface area contributed by atoms with E-state index in [1.807, 2.05) is 18.2 Å². The molecule has 21 heavy (non-hydrogen) atoms. The quantitative estimate of drug-likeness (QED) is 0.576. The van der Waals surface area contributed by atoms with E-state index in [0.29, 0.717) is 17.4 Å². The van der Waals surface area contributed by atoms with Gasteiger partial charge in [0.15, 0.2) is 0 Å². The highest BCUT2D eigenvalue weighted by Crippen LogP contribution is 2.51. The molecule has 0 radical (unpaired) electrons. The summed E-state index contributed by atoms with van der Waals surface area (Å²) in [5.74, 6) is 1.47. The number of rotatable bonds is 1. The van der Waals surface area contributed by atoms with Gasteiger partial charge in [-0.15, -0.1) is 0 Å². The third-order valence-corrected chi connectivity index (χ3v) is 4.85. The normalized spacial score (nSPS) is 26.0. The molecule has 0 N–H and O–H groups in total. The van der Waals surface area contributed by atoms with Gasteiger partial charge >= 0.3 is 5.97 Å². The number of ether oxygens (including phenoxy) is 2. The lowest BCUT2D eigenvalue weighted by Crippen LogP contribution is -2.45. The highest BCUT2D eigenvalue weighted by Gasteiger charge is 2.44. The van der Waals surface area contributed by atoms with Crippen LogP contribution in [0.1, 0.15) is 55.5 Å². The zero-order chi connectivity index (χ0) is 15.2. The van der Waals surface area contributed by atoms with Crippen LogP contribution >= 0.6 is 0 Å². The lowest BCUT2D eigenvalue weighted by molar-refractivity contribution is 0.00831. The van der Waals surface area contributed by atoms with Crippen molar-refractivity contribution in [2.24, 2.45) is 5.92 Å². The smallest absolute Gasteiger partial charge is 0.337 e. The average Bonchev–Trinajstić information content (AvgIpc) is 2.45. The van der Waals surface area contributed by atoms with Crippen LogP contribution in [0.3, 0.4) is 0 Å². The van der Waals surface area contributed by atoms with Crippen molar-refractivity contribution in [2.75, 3.05) is 7.11 Å². The van der Waals surface area contributed by atoms with Crippen LogP contribution in [0.5, 0.6) is 5.75 Å². The Bertz CT molecular complexity index is 613. The number of fused-ring (bicyclic) bond motifs is 3. The Balaban J connectivity index is 2.06. The fraction of sp³-hybridized carbons (Fsp3) is 0.500. The molecule has 112 valence electrons. The van der Waals surface area contributed by atoms with Crippen molar-refractivity contribution in [2.45, 2.75) is 45.1 Å². The number of carbonyl (C=O) groups excluding carboxylic acids is 1. The topological polar surface area (TPSA) is 35.5 Å². The minimum absolute atomic E-state index is 0.219. The summed E-state index contributed by atoms with van der Waals surface area (Å²) in [5.41, 5.74) is 2.99. The number of esters is 1. The fourth-order valence-corrected chi connectivity index (χ4v) is 3.69. The Morgan fingerprint density at radius 3 is 2.86 bits per heavy atom. The van der Waals surface area contributed by atoms with E-state index < -0.39 is 0 Å². The van der Waals surface area contributed by atoms with Crippen LogP contribution in [0.25, 0.3) is 0 Å². The summed E-state index contributed by atoms with van der Waals surface area (Å²) >= 11 is 0. The van der Waals surface area contributed by atoms with E-state index in [-0.39, 0.29) is 11.6 Å². The Kier molecular flexibility index (Phi) is 3.31. The summed E-state index contributed by atoms with van der Waals surface area (Å²) in [6.07, 6.45) is 4.46. The first kappa shape index (κ1) is 14.2. The van der Waals surface area contributed by atoms with E-state index in [1.54, 1.807) is 0 Å². The summed E-state index contributed by atoms with van der Waals surface area (Å²) < 4.78 is 11.0. The molecule has 2 aliphatic rings. The van der Waals surface area contributed by atoms with Crippen molar-refractivity contribution in [3.05, 3.63) is 41.0 Å². The Labute approximate surface area is 125 Å². The number of hydrogen-bond donors (Lipinski definition) is 0. The molecule has 0 spiro atoms. The molecule has 1 aliphatic heterocycles. The van der Waals surface area contributed by atoms with Crippen molar-refractivity contribution in [1.82, 2.24) is 0 Å². The molecule has 0 bridgehead atoms. The molecule has 0 unspecified atom stereocenters. The number of methoxy groups -OCH3 is 1. The standard InChI is InChI=1S/C18H22O3/c1-11-5-8-15-14(9-11)13-7-6-12(17(19)20-4)10-16(13)21-18(15,2)3/h5-7,10,14-15H,8-9H2,1-4H3/t14-,15+/m0/s1. The van der Waals surface area contributed by atoms with E-state index in [4.69, 9.17) is 9.47 Å². The van der Waals surface area contributed by atoms with Gasteiger partial charge in [0, 0.05) is 5.92 Å². The molecular weight excluding hydrogens is 264 g/mol. The van der Waals surface area contributed by atoms with Gasteiger partial charge in [-0.25, -0.2) is 4.79 Å². The molecule has 0 fully saturated rings. The molecule has 0 saturated carbocycles. The highest BCUT2D eigenvalue weighted by atomic mass is 16.5. The minimum atomic E-state index is -0.318. The van der Waals surface area contributed by atoms with Gasteiger partial charge < -0.3 is 9.47 Å². The molecular formula is C18H22O3. The lowest BCUT2D eigenvalue weighted by Gasteiger charge is -2.46. The molecule has 1 aliphatic carbocycles. The van der Waals surface area contributed by atoms with E-state index in [2.05, 4.69) is 26.8 Å². The Morgan fingerprint density at radius 2 is 2.14 bits per heavy atom. The van der Waals surface area contributed by atoms with Crippen molar-refractivity contribution in [3.8, 4) is 5.75 Å². The highest BCUT2D eigenvalue weighted by molar-refractivity contribution is 5.90. The lowest BCUT2D eigenvalue weighted by atomic mass is 9.67. The predicted octanol–water partition coefficient (Wildman–Crippen LogP) is 4.08. The van der Waals surface area contributed by atoms with Gasteiger partial charge in [-0.1, -0.05) is 17.7 Å². The van der Waals surface area contributed by atoms with Gasteiger partial charge in [0.05, 0.1) is 12.7 Å². The molecule has 0 saturated heterocycles. The van der Waals surface area contributed by atoms with E-state index >= 15 is 0 Å².